The number of aromatic nitrogens is 1. The molecular formula is C18H14F5N3O2. The molecule has 1 fully saturated rings. The molecule has 1 N–H and O–H groups in total. The van der Waals surface area contributed by atoms with Gasteiger partial charge < -0.3 is 10.2 Å². The predicted octanol–water partition coefficient (Wildman–Crippen LogP) is 3.19. The van der Waals surface area contributed by atoms with Gasteiger partial charge in [0.15, 0.2) is 0 Å². The quantitative estimate of drug-likeness (QED) is 0.637. The summed E-state index contributed by atoms with van der Waals surface area (Å²) in [7, 11) is 1.39. The number of benzene rings is 1. The van der Waals surface area contributed by atoms with Gasteiger partial charge in [-0.25, -0.2) is 8.78 Å². The summed E-state index contributed by atoms with van der Waals surface area (Å²) in [5.41, 5.74) is -1.66. The Kier molecular flexibility index (Phi) is 5.05. The van der Waals surface area contributed by atoms with Crippen molar-refractivity contribution in [1.29, 1.82) is 0 Å². The van der Waals surface area contributed by atoms with Crippen molar-refractivity contribution in [2.75, 3.05) is 18.9 Å². The molecule has 0 aliphatic carbocycles. The van der Waals surface area contributed by atoms with E-state index >= 15 is 0 Å². The molecule has 28 heavy (non-hydrogen) atoms. The molecule has 1 aromatic heterocycles. The fraction of sp³-hybridized carbons (Fsp3) is 0.278. The molecule has 1 aromatic carbocycles. The molecule has 3 rings (SSSR count). The first-order valence-corrected chi connectivity index (χ1v) is 8.11. The number of alkyl halides is 3. The number of nitrogens with zero attached hydrogens (tertiary/aromatic N) is 2. The van der Waals surface area contributed by atoms with Gasteiger partial charge in [0.05, 0.1) is 17.4 Å². The summed E-state index contributed by atoms with van der Waals surface area (Å²) in [6, 6.07) is 3.32. The lowest BCUT2D eigenvalue weighted by molar-refractivity contribution is -0.137. The molecule has 0 bridgehead atoms. The third kappa shape index (κ3) is 3.80. The molecule has 148 valence electrons. The molecule has 5 nitrogen and oxygen atoms in total. The summed E-state index contributed by atoms with van der Waals surface area (Å²) in [6.45, 7) is -0.0149. The minimum Gasteiger partial charge on any atom is -0.344 e. The number of halogens is 5. The van der Waals surface area contributed by atoms with Gasteiger partial charge in [-0.1, -0.05) is 0 Å². The second-order valence-electron chi connectivity index (χ2n) is 6.41. The normalized spacial score (nSPS) is 19.8. The zero-order chi connectivity index (χ0) is 20.6. The highest BCUT2D eigenvalue weighted by Gasteiger charge is 2.45. The van der Waals surface area contributed by atoms with E-state index in [1.807, 2.05) is 0 Å². The molecule has 1 aliphatic rings. The van der Waals surface area contributed by atoms with Gasteiger partial charge >= 0.3 is 6.18 Å². The Bertz CT molecular complexity index is 911. The first-order chi connectivity index (χ1) is 13.1. The number of carbonyl (C=O) groups excluding carboxylic acids is 2. The molecule has 0 saturated carbocycles. The molecule has 0 radical (unpaired) electrons. The maximum atomic E-state index is 13.6. The molecule has 2 aromatic rings. The number of anilines is 1. The average Bonchev–Trinajstić information content (AvgIpc) is 2.89. The van der Waals surface area contributed by atoms with Crippen LogP contribution in [0.1, 0.15) is 17.0 Å². The third-order valence-electron chi connectivity index (χ3n) is 4.50. The minimum atomic E-state index is -4.74. The summed E-state index contributed by atoms with van der Waals surface area (Å²) in [6.07, 6.45) is -3.00. The highest BCUT2D eigenvalue weighted by Crippen LogP contribution is 2.37. The van der Waals surface area contributed by atoms with Crippen LogP contribution in [0, 0.1) is 17.6 Å². The van der Waals surface area contributed by atoms with Crippen molar-refractivity contribution in [1.82, 2.24) is 9.88 Å². The SMILES string of the molecule is CN1C[C@H](c2cc(F)cc(F)c2)[C@@H](C(=O)Nc2cnccc2C(F)(F)F)C1=O. The van der Waals surface area contributed by atoms with Gasteiger partial charge in [-0.15, -0.1) is 0 Å². The summed E-state index contributed by atoms with van der Waals surface area (Å²) < 4.78 is 66.4. The van der Waals surface area contributed by atoms with Crippen molar-refractivity contribution in [2.45, 2.75) is 12.1 Å². The van der Waals surface area contributed by atoms with Gasteiger partial charge in [0.2, 0.25) is 11.8 Å². The Morgan fingerprint density at radius 1 is 1.21 bits per heavy atom. The maximum absolute atomic E-state index is 13.6. The van der Waals surface area contributed by atoms with Gasteiger partial charge in [0, 0.05) is 31.8 Å². The van der Waals surface area contributed by atoms with Gasteiger partial charge in [-0.2, -0.15) is 13.2 Å². The zero-order valence-corrected chi connectivity index (χ0v) is 14.4. The lowest BCUT2D eigenvalue weighted by Crippen LogP contribution is -2.33. The molecule has 2 amide bonds. The van der Waals surface area contributed by atoms with Crippen molar-refractivity contribution in [2.24, 2.45) is 5.92 Å². The Labute approximate surface area is 156 Å². The van der Waals surface area contributed by atoms with Crippen LogP contribution in [0.4, 0.5) is 27.6 Å². The second kappa shape index (κ2) is 7.17. The monoisotopic (exact) mass is 399 g/mol. The van der Waals surface area contributed by atoms with Crippen LogP contribution in [0.25, 0.3) is 0 Å². The Hall–Kier alpha value is -3.04. The number of amides is 2. The van der Waals surface area contributed by atoms with Gasteiger partial charge in [-0.3, -0.25) is 14.6 Å². The number of carbonyl (C=O) groups is 2. The van der Waals surface area contributed by atoms with Crippen molar-refractivity contribution < 1.29 is 31.5 Å². The van der Waals surface area contributed by atoms with Crippen LogP contribution in [0.5, 0.6) is 0 Å². The van der Waals surface area contributed by atoms with Crippen molar-refractivity contribution in [3.63, 3.8) is 0 Å². The fourth-order valence-electron chi connectivity index (χ4n) is 3.23. The van der Waals surface area contributed by atoms with E-state index in [0.717, 1.165) is 24.5 Å². The summed E-state index contributed by atoms with van der Waals surface area (Å²) >= 11 is 0. The number of likely N-dealkylation sites (N-methyl/N-ethyl adjacent to an activating group) is 1. The smallest absolute Gasteiger partial charge is 0.344 e. The highest BCUT2D eigenvalue weighted by atomic mass is 19.4. The highest BCUT2D eigenvalue weighted by molar-refractivity contribution is 6.08. The largest absolute Gasteiger partial charge is 0.418 e. The van der Waals surface area contributed by atoms with Gasteiger partial charge in [-0.05, 0) is 23.8 Å². The molecule has 2 atom stereocenters. The summed E-state index contributed by atoms with van der Waals surface area (Å²) in [5.74, 6) is -5.81. The van der Waals surface area contributed by atoms with E-state index in [4.69, 9.17) is 0 Å². The van der Waals surface area contributed by atoms with E-state index in [-0.39, 0.29) is 12.1 Å². The van der Waals surface area contributed by atoms with E-state index in [1.165, 1.54) is 11.9 Å². The van der Waals surface area contributed by atoms with Crippen LogP contribution in [-0.2, 0) is 15.8 Å². The van der Waals surface area contributed by atoms with E-state index in [1.54, 1.807) is 0 Å². The van der Waals surface area contributed by atoms with Crippen LogP contribution in [0.3, 0.4) is 0 Å². The molecule has 1 saturated heterocycles. The fourth-order valence-corrected chi connectivity index (χ4v) is 3.23. The summed E-state index contributed by atoms with van der Waals surface area (Å²) in [4.78, 5) is 29.8. The van der Waals surface area contributed by atoms with Crippen LogP contribution < -0.4 is 5.32 Å². The van der Waals surface area contributed by atoms with E-state index < -0.39 is 52.7 Å². The van der Waals surface area contributed by atoms with Crippen LogP contribution in [0.2, 0.25) is 0 Å². The number of pyridine rings is 1. The second-order valence-corrected chi connectivity index (χ2v) is 6.41. The van der Waals surface area contributed by atoms with Gasteiger partial charge in [0.1, 0.15) is 17.6 Å². The number of nitrogens with one attached hydrogen (secondary N) is 1. The number of rotatable bonds is 3. The lowest BCUT2D eigenvalue weighted by Gasteiger charge is -2.19. The predicted molar refractivity (Wildman–Crippen MR) is 88.1 cm³/mol. The molecule has 1 aliphatic heterocycles. The number of hydrogen-bond donors (Lipinski definition) is 1. The first kappa shape index (κ1) is 19.7. The maximum Gasteiger partial charge on any atom is 0.418 e. The minimum absolute atomic E-state index is 0.0149. The van der Waals surface area contributed by atoms with Crippen LogP contribution in [-0.4, -0.2) is 35.3 Å². The molecular weight excluding hydrogens is 385 g/mol. The first-order valence-electron chi connectivity index (χ1n) is 8.11. The number of likely N-dealkylation sites (tertiary alicyclic amines) is 1. The Morgan fingerprint density at radius 2 is 1.86 bits per heavy atom. The Balaban J connectivity index is 1.94. The number of hydrogen-bond acceptors (Lipinski definition) is 3. The topological polar surface area (TPSA) is 62.3 Å². The standard InChI is InChI=1S/C18H14F5N3O2/c1-26-8-12(9-4-10(19)6-11(20)5-9)15(17(26)28)16(27)25-14-7-24-3-2-13(14)18(21,22)23/h2-7,12,15H,8H2,1H3,(H,25,27)/t12-,15+/m1/s1. The summed E-state index contributed by atoms with van der Waals surface area (Å²) in [5, 5.41) is 2.08. The van der Waals surface area contributed by atoms with Gasteiger partial charge in [0.25, 0.3) is 0 Å². The van der Waals surface area contributed by atoms with Crippen molar-refractivity contribution >= 4 is 17.5 Å². The molecule has 2 heterocycles. The molecule has 0 spiro atoms. The van der Waals surface area contributed by atoms with E-state index in [2.05, 4.69) is 10.3 Å². The van der Waals surface area contributed by atoms with E-state index in [0.29, 0.717) is 12.1 Å². The van der Waals surface area contributed by atoms with E-state index in [9.17, 15) is 31.5 Å². The zero-order valence-electron chi connectivity index (χ0n) is 14.4. The average molecular weight is 399 g/mol. The van der Waals surface area contributed by atoms with Crippen LogP contribution >= 0.6 is 0 Å². The molecule has 10 heteroatoms. The Morgan fingerprint density at radius 3 is 2.46 bits per heavy atom. The molecule has 0 unspecified atom stereocenters. The van der Waals surface area contributed by atoms with Crippen molar-refractivity contribution in [3.8, 4) is 0 Å². The lowest BCUT2D eigenvalue weighted by atomic mass is 9.87. The van der Waals surface area contributed by atoms with Crippen molar-refractivity contribution in [3.05, 3.63) is 59.4 Å². The third-order valence-corrected chi connectivity index (χ3v) is 4.50. The van der Waals surface area contributed by atoms with Crippen LogP contribution in [0.15, 0.2) is 36.7 Å².